The number of carbonyl (C=O) groups is 2. The second kappa shape index (κ2) is 8.90. The van der Waals surface area contributed by atoms with Crippen LogP contribution in [-0.4, -0.2) is 36.6 Å². The molecule has 1 atom stereocenters. The summed E-state index contributed by atoms with van der Waals surface area (Å²) in [6, 6.07) is 14.6. The Labute approximate surface area is 180 Å². The fraction of sp³-hybridized carbons (Fsp3) is 0.304. The van der Waals surface area contributed by atoms with E-state index in [1.54, 1.807) is 25.1 Å². The maximum atomic E-state index is 12.9. The number of carbonyl (C=O) groups excluding carboxylic acids is 2. The van der Waals surface area contributed by atoms with Gasteiger partial charge >= 0.3 is 12.0 Å². The van der Waals surface area contributed by atoms with Crippen LogP contribution in [0.25, 0.3) is 0 Å². The van der Waals surface area contributed by atoms with Crippen molar-refractivity contribution in [3.63, 3.8) is 0 Å². The van der Waals surface area contributed by atoms with Crippen molar-refractivity contribution in [2.45, 2.75) is 25.9 Å². The third-order valence-electron chi connectivity index (χ3n) is 5.42. The molecule has 2 amide bonds. The zero-order chi connectivity index (χ0) is 21.1. The molecule has 0 aliphatic carbocycles. The first-order valence-corrected chi connectivity index (χ1v) is 10.4. The molecule has 2 aliphatic rings. The molecular formula is C23H24ClN3O3. The number of fused-ring (bicyclic) bond motifs is 1. The first-order chi connectivity index (χ1) is 14.5. The molecule has 156 valence electrons. The molecule has 7 heteroatoms. The van der Waals surface area contributed by atoms with E-state index >= 15 is 0 Å². The van der Waals surface area contributed by atoms with Crippen LogP contribution in [0.5, 0.6) is 0 Å². The summed E-state index contributed by atoms with van der Waals surface area (Å²) in [5.41, 5.74) is 4.34. The van der Waals surface area contributed by atoms with Crippen LogP contribution in [0.1, 0.15) is 29.7 Å². The SMILES string of the molecule is CCOC(=O)C1=C(CN2CCc3ccccc3C2)NC(=O)NC1c1cccc(Cl)c1. The lowest BCUT2D eigenvalue weighted by molar-refractivity contribution is -0.139. The highest BCUT2D eigenvalue weighted by Gasteiger charge is 2.34. The van der Waals surface area contributed by atoms with E-state index in [0.717, 1.165) is 25.1 Å². The second-order valence-electron chi connectivity index (χ2n) is 7.43. The van der Waals surface area contributed by atoms with E-state index in [0.29, 0.717) is 22.8 Å². The summed E-state index contributed by atoms with van der Waals surface area (Å²) >= 11 is 6.16. The van der Waals surface area contributed by atoms with E-state index in [-0.39, 0.29) is 12.6 Å². The molecule has 2 heterocycles. The summed E-state index contributed by atoms with van der Waals surface area (Å²) < 4.78 is 5.33. The van der Waals surface area contributed by atoms with E-state index in [1.165, 1.54) is 11.1 Å². The van der Waals surface area contributed by atoms with E-state index in [2.05, 4.69) is 33.7 Å². The van der Waals surface area contributed by atoms with Crippen molar-refractivity contribution in [2.24, 2.45) is 0 Å². The van der Waals surface area contributed by atoms with Crippen LogP contribution in [0.3, 0.4) is 0 Å². The molecule has 0 aromatic heterocycles. The Bertz CT molecular complexity index is 1000. The molecule has 0 fully saturated rings. The predicted octanol–water partition coefficient (Wildman–Crippen LogP) is 3.57. The average molecular weight is 426 g/mol. The van der Waals surface area contributed by atoms with Crippen LogP contribution < -0.4 is 10.6 Å². The number of hydrogen-bond donors (Lipinski definition) is 2. The van der Waals surface area contributed by atoms with Gasteiger partial charge < -0.3 is 15.4 Å². The molecule has 1 unspecified atom stereocenters. The number of ether oxygens (including phenoxy) is 1. The molecule has 6 nitrogen and oxygen atoms in total. The number of halogens is 1. The molecule has 0 saturated carbocycles. The van der Waals surface area contributed by atoms with Crippen LogP contribution in [0, 0.1) is 0 Å². The van der Waals surface area contributed by atoms with Gasteiger partial charge in [0.15, 0.2) is 0 Å². The minimum absolute atomic E-state index is 0.253. The van der Waals surface area contributed by atoms with Gasteiger partial charge in [-0.2, -0.15) is 0 Å². The van der Waals surface area contributed by atoms with E-state index in [4.69, 9.17) is 16.3 Å². The zero-order valence-corrected chi connectivity index (χ0v) is 17.5. The minimum Gasteiger partial charge on any atom is -0.463 e. The van der Waals surface area contributed by atoms with Gasteiger partial charge in [0.2, 0.25) is 0 Å². The Kier molecular flexibility index (Phi) is 6.06. The highest BCUT2D eigenvalue weighted by molar-refractivity contribution is 6.30. The number of amides is 2. The minimum atomic E-state index is -0.622. The van der Waals surface area contributed by atoms with Crippen molar-refractivity contribution < 1.29 is 14.3 Å². The maximum absolute atomic E-state index is 12.9. The number of rotatable bonds is 5. The van der Waals surface area contributed by atoms with Crippen molar-refractivity contribution >= 4 is 23.6 Å². The largest absolute Gasteiger partial charge is 0.463 e. The molecule has 0 saturated heterocycles. The number of esters is 1. The van der Waals surface area contributed by atoms with Gasteiger partial charge in [-0.1, -0.05) is 48.0 Å². The fourth-order valence-corrected chi connectivity index (χ4v) is 4.24. The molecular weight excluding hydrogens is 402 g/mol. The normalized spacial score (nSPS) is 19.0. The molecule has 30 heavy (non-hydrogen) atoms. The maximum Gasteiger partial charge on any atom is 0.338 e. The summed E-state index contributed by atoms with van der Waals surface area (Å²) in [7, 11) is 0. The average Bonchev–Trinajstić information content (AvgIpc) is 2.73. The Morgan fingerprint density at radius 2 is 2.00 bits per heavy atom. The Hall–Kier alpha value is -2.83. The second-order valence-corrected chi connectivity index (χ2v) is 7.86. The predicted molar refractivity (Wildman–Crippen MR) is 115 cm³/mol. The molecule has 2 aromatic rings. The first-order valence-electron chi connectivity index (χ1n) is 10.1. The standard InChI is InChI=1S/C23H24ClN3O3/c1-2-30-22(28)20-19(14-27-11-10-15-6-3-4-7-17(15)13-27)25-23(29)26-21(20)16-8-5-9-18(24)12-16/h3-9,12,21H,2,10-11,13-14H2,1H3,(H2,25,26,29). The lowest BCUT2D eigenvalue weighted by atomic mass is 9.94. The molecule has 2 N–H and O–H groups in total. The number of hydrogen-bond acceptors (Lipinski definition) is 4. The van der Waals surface area contributed by atoms with Gasteiger partial charge in [-0.25, -0.2) is 9.59 Å². The van der Waals surface area contributed by atoms with Gasteiger partial charge in [0, 0.05) is 30.4 Å². The highest BCUT2D eigenvalue weighted by atomic mass is 35.5. The van der Waals surface area contributed by atoms with E-state index in [1.807, 2.05) is 12.1 Å². The van der Waals surface area contributed by atoms with Gasteiger partial charge in [-0.3, -0.25) is 4.90 Å². The quantitative estimate of drug-likeness (QED) is 0.718. The lowest BCUT2D eigenvalue weighted by Gasteiger charge is -2.34. The Morgan fingerprint density at radius 1 is 1.20 bits per heavy atom. The summed E-state index contributed by atoms with van der Waals surface area (Å²) in [6.07, 6.45) is 0.933. The molecule has 0 bridgehead atoms. The zero-order valence-electron chi connectivity index (χ0n) is 16.8. The van der Waals surface area contributed by atoms with Gasteiger partial charge in [0.25, 0.3) is 0 Å². The van der Waals surface area contributed by atoms with Crippen LogP contribution in [0.2, 0.25) is 5.02 Å². The van der Waals surface area contributed by atoms with Crippen LogP contribution in [0.4, 0.5) is 4.79 Å². The van der Waals surface area contributed by atoms with E-state index < -0.39 is 12.0 Å². The number of benzene rings is 2. The third-order valence-corrected chi connectivity index (χ3v) is 5.66. The monoisotopic (exact) mass is 425 g/mol. The number of urea groups is 1. The Morgan fingerprint density at radius 3 is 2.77 bits per heavy atom. The lowest BCUT2D eigenvalue weighted by Crippen LogP contribution is -2.49. The van der Waals surface area contributed by atoms with Crippen molar-refractivity contribution in [3.05, 3.63) is 81.5 Å². The van der Waals surface area contributed by atoms with Crippen molar-refractivity contribution in [1.82, 2.24) is 15.5 Å². The van der Waals surface area contributed by atoms with Crippen molar-refractivity contribution in [2.75, 3.05) is 19.7 Å². The summed E-state index contributed by atoms with van der Waals surface area (Å²) in [5.74, 6) is -0.442. The van der Waals surface area contributed by atoms with Crippen LogP contribution >= 0.6 is 11.6 Å². The third kappa shape index (κ3) is 4.35. The smallest absolute Gasteiger partial charge is 0.338 e. The fourth-order valence-electron chi connectivity index (χ4n) is 4.04. The molecule has 2 aromatic carbocycles. The van der Waals surface area contributed by atoms with Crippen LogP contribution in [-0.2, 0) is 22.5 Å². The van der Waals surface area contributed by atoms with Crippen molar-refractivity contribution in [1.29, 1.82) is 0 Å². The van der Waals surface area contributed by atoms with Gasteiger partial charge in [-0.15, -0.1) is 0 Å². The van der Waals surface area contributed by atoms with Crippen molar-refractivity contribution in [3.8, 4) is 0 Å². The van der Waals surface area contributed by atoms with Crippen LogP contribution in [0.15, 0.2) is 59.8 Å². The van der Waals surface area contributed by atoms with Gasteiger partial charge in [0.1, 0.15) is 0 Å². The number of nitrogens with one attached hydrogen (secondary N) is 2. The topological polar surface area (TPSA) is 70.7 Å². The van der Waals surface area contributed by atoms with Gasteiger partial charge in [-0.05, 0) is 42.2 Å². The molecule has 0 spiro atoms. The molecule has 0 radical (unpaired) electrons. The Balaban J connectivity index is 1.68. The summed E-state index contributed by atoms with van der Waals surface area (Å²) in [5, 5.41) is 6.23. The highest BCUT2D eigenvalue weighted by Crippen LogP contribution is 2.30. The first kappa shape index (κ1) is 20.4. The van der Waals surface area contributed by atoms with Gasteiger partial charge in [0.05, 0.1) is 18.2 Å². The molecule has 4 rings (SSSR count). The number of nitrogens with zero attached hydrogens (tertiary/aromatic N) is 1. The van der Waals surface area contributed by atoms with E-state index in [9.17, 15) is 9.59 Å². The summed E-state index contributed by atoms with van der Waals surface area (Å²) in [6.45, 7) is 4.08. The summed E-state index contributed by atoms with van der Waals surface area (Å²) in [4.78, 5) is 27.6. The molecule has 2 aliphatic heterocycles.